The summed E-state index contributed by atoms with van der Waals surface area (Å²) in [5.41, 5.74) is 0.359. The Morgan fingerprint density at radius 2 is 1.26 bits per heavy atom. The smallest absolute Gasteiger partial charge is 0.131 e. The first-order valence-electron chi connectivity index (χ1n) is 7.41. The number of nitrogens with zero attached hydrogens (tertiary/aromatic N) is 1. The van der Waals surface area contributed by atoms with Gasteiger partial charge in [-0.25, -0.2) is 17.6 Å². The van der Waals surface area contributed by atoms with Gasteiger partial charge in [-0.15, -0.1) is 0 Å². The largest absolute Gasteiger partial charge is 0.314 e. The molecule has 0 spiro atoms. The third-order valence-corrected chi connectivity index (χ3v) is 4.03. The summed E-state index contributed by atoms with van der Waals surface area (Å²) < 4.78 is 54.9. The van der Waals surface area contributed by atoms with E-state index in [0.717, 1.165) is 24.3 Å². The third-order valence-electron chi connectivity index (χ3n) is 4.03. The van der Waals surface area contributed by atoms with E-state index in [1.54, 1.807) is 0 Å². The Bertz CT molecular complexity index is 647. The number of piperazine rings is 1. The second-order valence-corrected chi connectivity index (χ2v) is 5.52. The molecule has 0 amide bonds. The number of nitrogens with one attached hydrogen (secondary N) is 1. The summed E-state index contributed by atoms with van der Waals surface area (Å²) in [5.74, 6) is -2.86. The van der Waals surface area contributed by atoms with Gasteiger partial charge in [0.05, 0.1) is 6.04 Å². The number of benzene rings is 2. The van der Waals surface area contributed by atoms with E-state index in [1.165, 1.54) is 12.1 Å². The zero-order valence-electron chi connectivity index (χ0n) is 12.3. The molecule has 0 radical (unpaired) electrons. The summed E-state index contributed by atoms with van der Waals surface area (Å²) in [6.45, 7) is 2.53. The quantitative estimate of drug-likeness (QED) is 0.872. The van der Waals surface area contributed by atoms with Gasteiger partial charge in [-0.2, -0.15) is 0 Å². The summed E-state index contributed by atoms with van der Waals surface area (Å²) in [6.07, 6.45) is 0. The second-order valence-electron chi connectivity index (χ2n) is 5.52. The predicted molar refractivity (Wildman–Crippen MR) is 79.0 cm³/mol. The fourth-order valence-electron chi connectivity index (χ4n) is 2.95. The molecule has 0 unspecified atom stereocenters. The zero-order chi connectivity index (χ0) is 16.4. The van der Waals surface area contributed by atoms with Gasteiger partial charge in [0.2, 0.25) is 0 Å². The summed E-state index contributed by atoms with van der Waals surface area (Å²) in [4.78, 5) is 1.91. The van der Waals surface area contributed by atoms with Crippen LogP contribution in [0.1, 0.15) is 17.2 Å². The van der Waals surface area contributed by atoms with Gasteiger partial charge in [0.25, 0.3) is 0 Å². The maximum atomic E-state index is 14.3. The lowest BCUT2D eigenvalue weighted by Gasteiger charge is -2.35. The molecule has 0 bridgehead atoms. The van der Waals surface area contributed by atoms with Gasteiger partial charge >= 0.3 is 0 Å². The molecule has 6 heteroatoms. The van der Waals surface area contributed by atoms with E-state index in [4.69, 9.17) is 0 Å². The Labute approximate surface area is 131 Å². The van der Waals surface area contributed by atoms with Crippen LogP contribution in [0.2, 0.25) is 0 Å². The van der Waals surface area contributed by atoms with Gasteiger partial charge in [-0.1, -0.05) is 12.1 Å². The maximum absolute atomic E-state index is 14.3. The molecular formula is C17H16F4N2. The van der Waals surface area contributed by atoms with Crippen LogP contribution in [0.4, 0.5) is 17.6 Å². The zero-order valence-corrected chi connectivity index (χ0v) is 12.3. The Morgan fingerprint density at radius 3 is 1.70 bits per heavy atom. The average Bonchev–Trinajstić information content (AvgIpc) is 2.52. The summed E-state index contributed by atoms with van der Waals surface area (Å²) >= 11 is 0. The van der Waals surface area contributed by atoms with E-state index in [1.807, 2.05) is 4.90 Å². The van der Waals surface area contributed by atoms with Crippen molar-refractivity contribution >= 4 is 0 Å². The van der Waals surface area contributed by atoms with Crippen molar-refractivity contribution < 1.29 is 17.6 Å². The molecule has 3 rings (SSSR count). The fourth-order valence-corrected chi connectivity index (χ4v) is 2.95. The summed E-state index contributed by atoms with van der Waals surface area (Å²) in [6, 6.07) is 5.78. The SMILES string of the molecule is Fc1ccc(C(c2ccc(F)cc2F)N2CCNCC2)c(F)c1. The van der Waals surface area contributed by atoms with E-state index in [9.17, 15) is 17.6 Å². The highest BCUT2D eigenvalue weighted by molar-refractivity contribution is 5.34. The van der Waals surface area contributed by atoms with Gasteiger partial charge in [-0.3, -0.25) is 4.90 Å². The molecule has 2 aromatic rings. The molecule has 122 valence electrons. The molecule has 23 heavy (non-hydrogen) atoms. The molecule has 1 saturated heterocycles. The maximum Gasteiger partial charge on any atom is 0.131 e. The van der Waals surface area contributed by atoms with E-state index in [-0.39, 0.29) is 11.1 Å². The van der Waals surface area contributed by atoms with Crippen molar-refractivity contribution in [2.75, 3.05) is 26.2 Å². The molecule has 0 aromatic heterocycles. The molecule has 0 saturated carbocycles. The van der Waals surface area contributed by atoms with Gasteiger partial charge < -0.3 is 5.32 Å². The van der Waals surface area contributed by atoms with Crippen LogP contribution < -0.4 is 5.32 Å². The molecule has 1 aliphatic heterocycles. The Balaban J connectivity index is 2.09. The minimum Gasteiger partial charge on any atom is -0.314 e. The molecule has 0 aliphatic carbocycles. The monoisotopic (exact) mass is 324 g/mol. The van der Waals surface area contributed by atoms with Crippen LogP contribution in [0, 0.1) is 23.3 Å². The first kappa shape index (κ1) is 16.0. The van der Waals surface area contributed by atoms with Crippen molar-refractivity contribution in [1.82, 2.24) is 10.2 Å². The van der Waals surface area contributed by atoms with Crippen molar-refractivity contribution in [2.45, 2.75) is 6.04 Å². The van der Waals surface area contributed by atoms with E-state index in [0.29, 0.717) is 26.2 Å². The highest BCUT2D eigenvalue weighted by Crippen LogP contribution is 2.32. The highest BCUT2D eigenvalue weighted by atomic mass is 19.1. The van der Waals surface area contributed by atoms with Crippen LogP contribution in [-0.4, -0.2) is 31.1 Å². The summed E-state index contributed by atoms with van der Waals surface area (Å²) in [5, 5.41) is 3.17. The average molecular weight is 324 g/mol. The van der Waals surface area contributed by atoms with Crippen LogP contribution >= 0.6 is 0 Å². The minimum atomic E-state index is -0.739. The second kappa shape index (κ2) is 6.68. The van der Waals surface area contributed by atoms with E-state index >= 15 is 0 Å². The molecular weight excluding hydrogens is 308 g/mol. The molecule has 1 N–H and O–H groups in total. The number of halogens is 4. The standard InChI is InChI=1S/C17H16F4N2/c18-11-1-3-13(15(20)9-11)17(23-7-5-22-6-8-23)14-4-2-12(19)10-16(14)21/h1-4,9-10,17,22H,5-8H2. The van der Waals surface area contributed by atoms with Crippen molar-refractivity contribution in [1.29, 1.82) is 0 Å². The number of hydrogen-bond acceptors (Lipinski definition) is 2. The van der Waals surface area contributed by atoms with Crippen molar-refractivity contribution in [3.63, 3.8) is 0 Å². The van der Waals surface area contributed by atoms with Crippen LogP contribution in [0.25, 0.3) is 0 Å². The van der Waals surface area contributed by atoms with Crippen LogP contribution in [-0.2, 0) is 0 Å². The van der Waals surface area contributed by atoms with Crippen LogP contribution in [0.5, 0.6) is 0 Å². The van der Waals surface area contributed by atoms with Gasteiger partial charge in [0.15, 0.2) is 0 Å². The Hall–Kier alpha value is -1.92. The molecule has 2 nitrogen and oxygen atoms in total. The lowest BCUT2D eigenvalue weighted by atomic mass is 9.95. The minimum absolute atomic E-state index is 0.179. The predicted octanol–water partition coefficient (Wildman–Crippen LogP) is 3.24. The third kappa shape index (κ3) is 3.38. The van der Waals surface area contributed by atoms with Crippen LogP contribution in [0.15, 0.2) is 36.4 Å². The van der Waals surface area contributed by atoms with E-state index < -0.39 is 29.3 Å². The normalized spacial score (nSPS) is 16.0. The first-order chi connectivity index (χ1) is 11.1. The molecule has 1 aliphatic rings. The number of hydrogen-bond donors (Lipinski definition) is 1. The van der Waals surface area contributed by atoms with Crippen molar-refractivity contribution in [2.24, 2.45) is 0 Å². The molecule has 1 fully saturated rings. The lowest BCUT2D eigenvalue weighted by molar-refractivity contribution is 0.192. The van der Waals surface area contributed by atoms with Gasteiger partial charge in [0.1, 0.15) is 23.3 Å². The van der Waals surface area contributed by atoms with E-state index in [2.05, 4.69) is 5.32 Å². The van der Waals surface area contributed by atoms with Crippen molar-refractivity contribution in [3.05, 3.63) is 70.8 Å². The van der Waals surface area contributed by atoms with Gasteiger partial charge in [0, 0.05) is 49.4 Å². The molecule has 1 heterocycles. The molecule has 2 aromatic carbocycles. The molecule has 0 atom stereocenters. The Morgan fingerprint density at radius 1 is 0.783 bits per heavy atom. The highest BCUT2D eigenvalue weighted by Gasteiger charge is 2.28. The Kier molecular flexibility index (Phi) is 4.63. The summed E-state index contributed by atoms with van der Waals surface area (Å²) in [7, 11) is 0. The fraction of sp³-hybridized carbons (Fsp3) is 0.294. The number of rotatable bonds is 3. The van der Waals surface area contributed by atoms with Crippen molar-refractivity contribution in [3.8, 4) is 0 Å². The van der Waals surface area contributed by atoms with Crippen LogP contribution in [0.3, 0.4) is 0 Å². The topological polar surface area (TPSA) is 15.3 Å². The first-order valence-corrected chi connectivity index (χ1v) is 7.41. The van der Waals surface area contributed by atoms with Gasteiger partial charge in [-0.05, 0) is 12.1 Å². The lowest BCUT2D eigenvalue weighted by Crippen LogP contribution is -2.45.